The molecule has 0 fully saturated rings. The second-order valence-corrected chi connectivity index (χ2v) is 10.5. The third kappa shape index (κ3) is 7.00. The van der Waals surface area contributed by atoms with E-state index in [9.17, 15) is 18.0 Å². The summed E-state index contributed by atoms with van der Waals surface area (Å²) in [5, 5.41) is 8.81. The van der Waals surface area contributed by atoms with Gasteiger partial charge in [-0.15, -0.1) is 29.6 Å². The standard InChI is InChI=1S/C30H26F4N6O2S/c1-18-5-4-6-19(2)26(18)40-20(3)16-43-29(40)37-28(41)35-15-25(31)21-7-9-22(10-8-21)27-36-17-39(38-27)23-11-13-24(14-12-23)42-30(32,33)34/h4-14,16-17,25H,15H2,1-3H3,(H,35,41). The van der Waals surface area contributed by atoms with E-state index in [1.807, 2.05) is 48.9 Å². The van der Waals surface area contributed by atoms with Gasteiger partial charge in [-0.2, -0.15) is 4.99 Å². The van der Waals surface area contributed by atoms with Gasteiger partial charge in [0.25, 0.3) is 0 Å². The minimum absolute atomic E-state index is 0.268. The number of aryl methyl sites for hydroxylation is 3. The molecule has 0 bridgehead atoms. The summed E-state index contributed by atoms with van der Waals surface area (Å²) in [5.41, 5.74) is 5.43. The average molecular weight is 611 g/mol. The molecule has 5 rings (SSSR count). The molecule has 0 saturated heterocycles. The number of aromatic nitrogens is 4. The number of carbonyl (C=O) groups is 1. The van der Waals surface area contributed by atoms with Crippen LogP contribution in [0.1, 0.15) is 28.6 Å². The first-order valence-electron chi connectivity index (χ1n) is 13.1. The maximum Gasteiger partial charge on any atom is 0.573 e. The van der Waals surface area contributed by atoms with Crippen molar-refractivity contribution in [2.75, 3.05) is 6.54 Å². The number of hydrogen-bond acceptors (Lipinski definition) is 5. The van der Waals surface area contributed by atoms with E-state index in [4.69, 9.17) is 0 Å². The predicted molar refractivity (Wildman–Crippen MR) is 154 cm³/mol. The number of alkyl halides is 4. The SMILES string of the molecule is Cc1cccc(C)c1-n1c(C)csc1=NC(=O)NCC(F)c1ccc(-c2ncn(-c3ccc(OC(F)(F)F)cc3)n2)cc1. The second-order valence-electron chi connectivity index (χ2n) is 9.68. The molecule has 1 atom stereocenters. The van der Waals surface area contributed by atoms with Crippen LogP contribution >= 0.6 is 11.3 Å². The molecular weight excluding hydrogens is 584 g/mol. The van der Waals surface area contributed by atoms with Gasteiger partial charge in [0.1, 0.15) is 18.2 Å². The number of benzene rings is 3. The van der Waals surface area contributed by atoms with Gasteiger partial charge in [-0.25, -0.2) is 18.9 Å². The van der Waals surface area contributed by atoms with Crippen molar-refractivity contribution in [2.45, 2.75) is 33.3 Å². The van der Waals surface area contributed by atoms with Crippen molar-refractivity contribution in [3.05, 3.63) is 106 Å². The average Bonchev–Trinajstić information content (AvgIpc) is 3.59. The molecule has 0 aliphatic carbocycles. The van der Waals surface area contributed by atoms with Crippen LogP contribution in [-0.4, -0.2) is 38.3 Å². The van der Waals surface area contributed by atoms with Gasteiger partial charge in [-0.1, -0.05) is 42.5 Å². The molecule has 2 aromatic heterocycles. The predicted octanol–water partition coefficient (Wildman–Crippen LogP) is 6.93. The maximum atomic E-state index is 15.0. The number of carbonyl (C=O) groups excluding carboxylic acids is 1. The van der Waals surface area contributed by atoms with Crippen LogP contribution in [0.2, 0.25) is 0 Å². The Labute approximate surface area is 247 Å². The van der Waals surface area contributed by atoms with Crippen molar-refractivity contribution in [2.24, 2.45) is 4.99 Å². The molecule has 2 heterocycles. The molecule has 1 unspecified atom stereocenters. The topological polar surface area (TPSA) is 86.3 Å². The Hall–Kier alpha value is -4.78. The third-order valence-corrected chi connectivity index (χ3v) is 7.47. The van der Waals surface area contributed by atoms with E-state index in [0.29, 0.717) is 27.4 Å². The van der Waals surface area contributed by atoms with Gasteiger partial charge in [0.15, 0.2) is 10.6 Å². The normalized spacial score (nSPS) is 12.8. The van der Waals surface area contributed by atoms with E-state index in [1.54, 1.807) is 24.3 Å². The Morgan fingerprint density at radius 3 is 2.35 bits per heavy atom. The van der Waals surface area contributed by atoms with Gasteiger partial charge in [0, 0.05) is 16.6 Å². The summed E-state index contributed by atoms with van der Waals surface area (Å²) < 4.78 is 59.4. The van der Waals surface area contributed by atoms with Crippen LogP contribution in [0, 0.1) is 20.8 Å². The Kier molecular flexibility index (Phi) is 8.44. The Morgan fingerprint density at radius 1 is 1.02 bits per heavy atom. The summed E-state index contributed by atoms with van der Waals surface area (Å²) >= 11 is 1.33. The molecule has 0 spiro atoms. The van der Waals surface area contributed by atoms with Crippen molar-refractivity contribution in [3.63, 3.8) is 0 Å². The zero-order valence-electron chi connectivity index (χ0n) is 23.3. The van der Waals surface area contributed by atoms with Gasteiger partial charge in [0.05, 0.1) is 17.9 Å². The van der Waals surface area contributed by atoms with Crippen LogP contribution in [0.15, 0.2) is 83.4 Å². The van der Waals surface area contributed by atoms with Crippen molar-refractivity contribution in [1.29, 1.82) is 0 Å². The van der Waals surface area contributed by atoms with Gasteiger partial charge in [-0.3, -0.25) is 4.57 Å². The van der Waals surface area contributed by atoms with E-state index in [2.05, 4.69) is 25.1 Å². The molecule has 0 radical (unpaired) electrons. The fourth-order valence-electron chi connectivity index (χ4n) is 4.48. The minimum Gasteiger partial charge on any atom is -0.406 e. The van der Waals surface area contributed by atoms with Gasteiger partial charge < -0.3 is 10.1 Å². The smallest absolute Gasteiger partial charge is 0.406 e. The summed E-state index contributed by atoms with van der Waals surface area (Å²) in [6, 6.07) is 17.0. The molecule has 43 heavy (non-hydrogen) atoms. The molecule has 13 heteroatoms. The lowest BCUT2D eigenvalue weighted by atomic mass is 10.1. The van der Waals surface area contributed by atoms with Gasteiger partial charge in [0.2, 0.25) is 0 Å². The van der Waals surface area contributed by atoms with Crippen LogP contribution < -0.4 is 14.9 Å². The zero-order valence-corrected chi connectivity index (χ0v) is 24.1. The number of nitrogens with one attached hydrogen (secondary N) is 1. The number of rotatable bonds is 7. The number of para-hydroxylation sites is 1. The first-order chi connectivity index (χ1) is 20.5. The van der Waals surface area contributed by atoms with Crippen LogP contribution in [0.5, 0.6) is 5.75 Å². The lowest BCUT2D eigenvalue weighted by Crippen LogP contribution is -2.27. The molecule has 222 valence electrons. The van der Waals surface area contributed by atoms with Crippen molar-refractivity contribution in [3.8, 4) is 28.5 Å². The Morgan fingerprint density at radius 2 is 1.70 bits per heavy atom. The number of hydrogen-bond donors (Lipinski definition) is 1. The van der Waals surface area contributed by atoms with Crippen molar-refractivity contribution in [1.82, 2.24) is 24.6 Å². The molecule has 0 aliphatic rings. The quantitative estimate of drug-likeness (QED) is 0.203. The van der Waals surface area contributed by atoms with E-state index in [-0.39, 0.29) is 12.3 Å². The highest BCUT2D eigenvalue weighted by molar-refractivity contribution is 7.07. The lowest BCUT2D eigenvalue weighted by molar-refractivity contribution is -0.274. The highest BCUT2D eigenvalue weighted by Crippen LogP contribution is 2.25. The molecule has 1 N–H and O–H groups in total. The second kappa shape index (κ2) is 12.2. The van der Waals surface area contributed by atoms with Gasteiger partial charge in [-0.05, 0) is 61.7 Å². The molecule has 0 aliphatic heterocycles. The highest BCUT2D eigenvalue weighted by Gasteiger charge is 2.31. The summed E-state index contributed by atoms with van der Waals surface area (Å²) in [6.45, 7) is 5.66. The molecule has 5 aromatic rings. The van der Waals surface area contributed by atoms with Crippen LogP contribution in [0.25, 0.3) is 22.8 Å². The molecule has 2 amide bonds. The summed E-state index contributed by atoms with van der Waals surface area (Å²) in [6.07, 6.45) is -4.84. The largest absolute Gasteiger partial charge is 0.573 e. The van der Waals surface area contributed by atoms with E-state index < -0.39 is 18.6 Å². The monoisotopic (exact) mass is 610 g/mol. The fourth-order valence-corrected chi connectivity index (χ4v) is 5.34. The zero-order chi connectivity index (χ0) is 30.7. The fraction of sp³-hybridized carbons (Fsp3) is 0.200. The van der Waals surface area contributed by atoms with Crippen LogP contribution in [0.4, 0.5) is 22.4 Å². The van der Waals surface area contributed by atoms with Crippen LogP contribution in [-0.2, 0) is 0 Å². The number of amides is 2. The molecule has 8 nitrogen and oxygen atoms in total. The molecule has 3 aromatic carbocycles. The lowest BCUT2D eigenvalue weighted by Gasteiger charge is -2.13. The summed E-state index contributed by atoms with van der Waals surface area (Å²) in [4.78, 5) is 21.5. The first kappa shape index (κ1) is 29.7. The number of halogens is 4. The number of urea groups is 1. The number of nitrogens with zero attached hydrogens (tertiary/aromatic N) is 5. The van der Waals surface area contributed by atoms with Gasteiger partial charge >= 0.3 is 12.4 Å². The highest BCUT2D eigenvalue weighted by atomic mass is 32.1. The maximum absolute atomic E-state index is 15.0. The van der Waals surface area contributed by atoms with Crippen LogP contribution in [0.3, 0.4) is 0 Å². The van der Waals surface area contributed by atoms with E-state index in [0.717, 1.165) is 22.5 Å². The first-order valence-corrected chi connectivity index (χ1v) is 13.9. The van der Waals surface area contributed by atoms with E-state index in [1.165, 1.54) is 46.6 Å². The molecule has 0 saturated carbocycles. The Balaban J connectivity index is 1.22. The third-order valence-electron chi connectivity index (χ3n) is 6.53. The van der Waals surface area contributed by atoms with E-state index >= 15 is 4.39 Å². The summed E-state index contributed by atoms with van der Waals surface area (Å²) in [7, 11) is 0. The Bertz CT molecular complexity index is 1790. The minimum atomic E-state index is -4.78. The summed E-state index contributed by atoms with van der Waals surface area (Å²) in [5.74, 6) is -0.00598. The van der Waals surface area contributed by atoms with Crippen molar-refractivity contribution < 1.29 is 27.1 Å². The van der Waals surface area contributed by atoms with Crippen molar-refractivity contribution >= 4 is 17.4 Å². The molecular formula is C30H26F4N6O2S. The number of ether oxygens (including phenoxy) is 1. The number of thiazole rings is 1.